The Morgan fingerprint density at radius 3 is 2.42 bits per heavy atom. The van der Waals surface area contributed by atoms with Crippen LogP contribution in [0.1, 0.15) is 39.7 Å². The maximum absolute atomic E-state index is 13.9. The number of halogens is 3. The Kier molecular flexibility index (Phi) is 6.61. The highest BCUT2D eigenvalue weighted by Gasteiger charge is 2.35. The first kappa shape index (κ1) is 24.5. The minimum absolute atomic E-state index is 0.0229. The molecule has 1 saturated carbocycles. The predicted octanol–water partition coefficient (Wildman–Crippen LogP) is 5.91. The lowest BCUT2D eigenvalue weighted by Gasteiger charge is -2.40. The molecule has 0 spiro atoms. The van der Waals surface area contributed by atoms with Gasteiger partial charge in [-0.05, 0) is 55.8 Å². The van der Waals surface area contributed by atoms with E-state index in [1.54, 1.807) is 23.1 Å². The van der Waals surface area contributed by atoms with E-state index >= 15 is 0 Å². The lowest BCUT2D eigenvalue weighted by molar-refractivity contribution is -0.134. The van der Waals surface area contributed by atoms with E-state index in [1.807, 2.05) is 37.4 Å². The van der Waals surface area contributed by atoms with Gasteiger partial charge in [0, 0.05) is 47.2 Å². The molecule has 1 saturated heterocycles. The Morgan fingerprint density at radius 2 is 1.75 bits per heavy atom. The van der Waals surface area contributed by atoms with Gasteiger partial charge in [-0.25, -0.2) is 0 Å². The maximum Gasteiger partial charge on any atom is 0.425 e. The van der Waals surface area contributed by atoms with Crippen LogP contribution in [0, 0.1) is 5.92 Å². The summed E-state index contributed by atoms with van der Waals surface area (Å²) in [6, 6.07) is 16.9. The molecule has 2 amide bonds. The summed E-state index contributed by atoms with van der Waals surface area (Å²) in [7, 11) is 2.00. The van der Waals surface area contributed by atoms with Crippen molar-refractivity contribution in [3.63, 3.8) is 0 Å². The summed E-state index contributed by atoms with van der Waals surface area (Å²) in [5.41, 5.74) is 2.18. The van der Waals surface area contributed by atoms with Crippen molar-refractivity contribution >= 4 is 28.8 Å². The summed E-state index contributed by atoms with van der Waals surface area (Å²) >= 11 is 0.598. The molecular formula is C27H26F3N3O2S. The molecule has 0 bridgehead atoms. The van der Waals surface area contributed by atoms with E-state index in [9.17, 15) is 22.8 Å². The molecule has 188 valence electrons. The molecule has 1 unspecified atom stereocenters. The number of thiophene rings is 1. The number of nitrogens with one attached hydrogen (secondary N) is 1. The summed E-state index contributed by atoms with van der Waals surface area (Å²) in [4.78, 5) is 29.8. The number of benzene rings is 2. The van der Waals surface area contributed by atoms with E-state index < -0.39 is 11.1 Å². The highest BCUT2D eigenvalue weighted by atomic mass is 32.1. The number of rotatable bonds is 5. The van der Waals surface area contributed by atoms with Gasteiger partial charge in [0.1, 0.15) is 4.88 Å². The van der Waals surface area contributed by atoms with E-state index in [1.165, 1.54) is 6.07 Å². The van der Waals surface area contributed by atoms with Crippen molar-refractivity contribution in [3.05, 3.63) is 76.7 Å². The Morgan fingerprint density at radius 1 is 1.00 bits per heavy atom. The summed E-state index contributed by atoms with van der Waals surface area (Å²) in [6.07, 6.45) is -2.81. The van der Waals surface area contributed by atoms with Gasteiger partial charge in [0.2, 0.25) is 5.91 Å². The highest BCUT2D eigenvalue weighted by molar-refractivity contribution is 7.15. The quantitative estimate of drug-likeness (QED) is 0.462. The highest BCUT2D eigenvalue weighted by Crippen LogP contribution is 2.41. The minimum Gasteiger partial charge on any atom is -0.329 e. The maximum atomic E-state index is 13.9. The van der Waals surface area contributed by atoms with Crippen LogP contribution in [-0.4, -0.2) is 48.3 Å². The minimum atomic E-state index is -4.47. The molecule has 9 heteroatoms. The summed E-state index contributed by atoms with van der Waals surface area (Å²) in [5, 5.41) is 2.85. The molecule has 2 aromatic carbocycles. The molecule has 1 aliphatic carbocycles. The molecule has 36 heavy (non-hydrogen) atoms. The number of hydrogen-bond donors (Lipinski definition) is 1. The SMILES string of the molecule is CN1CCN(C(=O)c2ccc(NC(=O)C3CC3)cc2-c2ccc(C(F)(F)F)s2)C(c2ccccc2)C1. The molecule has 5 nitrogen and oxygen atoms in total. The van der Waals surface area contributed by atoms with Crippen molar-refractivity contribution in [2.24, 2.45) is 5.92 Å². The monoisotopic (exact) mass is 513 g/mol. The van der Waals surface area contributed by atoms with E-state index in [0.29, 0.717) is 52.7 Å². The topological polar surface area (TPSA) is 52.6 Å². The van der Waals surface area contributed by atoms with Crippen LogP contribution in [0.5, 0.6) is 0 Å². The number of likely N-dealkylation sites (N-methyl/N-ethyl adjacent to an activating group) is 1. The lowest BCUT2D eigenvalue weighted by Crippen LogP contribution is -2.49. The summed E-state index contributed by atoms with van der Waals surface area (Å²) in [5.74, 6) is -0.371. The Hall–Kier alpha value is -3.17. The van der Waals surface area contributed by atoms with Gasteiger partial charge < -0.3 is 15.1 Å². The van der Waals surface area contributed by atoms with E-state index in [4.69, 9.17) is 0 Å². The zero-order valence-electron chi connectivity index (χ0n) is 19.7. The average molecular weight is 514 g/mol. The molecule has 2 aliphatic rings. The summed E-state index contributed by atoms with van der Waals surface area (Å²) in [6.45, 7) is 1.84. The number of nitrogens with zero attached hydrogens (tertiary/aromatic N) is 2. The van der Waals surface area contributed by atoms with Crippen molar-refractivity contribution in [1.29, 1.82) is 0 Å². The van der Waals surface area contributed by atoms with Crippen LogP contribution in [0.2, 0.25) is 0 Å². The zero-order valence-corrected chi connectivity index (χ0v) is 20.5. The van der Waals surface area contributed by atoms with Crippen LogP contribution < -0.4 is 5.32 Å². The van der Waals surface area contributed by atoms with Crippen LogP contribution >= 0.6 is 11.3 Å². The summed E-state index contributed by atoms with van der Waals surface area (Å²) < 4.78 is 40.1. The largest absolute Gasteiger partial charge is 0.425 e. The Labute approximate surface area is 211 Å². The Bertz CT molecular complexity index is 1270. The zero-order chi connectivity index (χ0) is 25.4. The number of hydrogen-bond acceptors (Lipinski definition) is 4. The normalized spacial score (nSPS) is 18.8. The predicted molar refractivity (Wildman–Crippen MR) is 134 cm³/mol. The van der Waals surface area contributed by atoms with Crippen LogP contribution in [0.3, 0.4) is 0 Å². The number of alkyl halides is 3. The van der Waals surface area contributed by atoms with Gasteiger partial charge in [0.25, 0.3) is 5.91 Å². The van der Waals surface area contributed by atoms with Crippen molar-refractivity contribution < 1.29 is 22.8 Å². The van der Waals surface area contributed by atoms with Gasteiger partial charge in [0.05, 0.1) is 6.04 Å². The van der Waals surface area contributed by atoms with Crippen LogP contribution in [-0.2, 0) is 11.0 Å². The first-order chi connectivity index (χ1) is 17.2. The average Bonchev–Trinajstić information content (AvgIpc) is 3.59. The van der Waals surface area contributed by atoms with Crippen LogP contribution in [0.25, 0.3) is 10.4 Å². The standard InChI is InChI=1S/C27H26F3N3O2S/c1-32-13-14-33(22(16-32)17-5-3-2-4-6-17)26(35)20-10-9-19(31-25(34)18-7-8-18)15-21(20)23-11-12-24(36-23)27(28,29)30/h2-6,9-12,15,18,22H,7-8,13-14,16H2,1H3,(H,31,34). The third-order valence-corrected chi connectivity index (χ3v) is 7.81. The third-order valence-electron chi connectivity index (χ3n) is 6.65. The van der Waals surface area contributed by atoms with Crippen molar-refractivity contribution in [2.75, 3.05) is 32.0 Å². The second kappa shape index (κ2) is 9.71. The second-order valence-corrected chi connectivity index (χ2v) is 10.5. The number of carbonyl (C=O) groups excluding carboxylic acids is 2. The second-order valence-electron chi connectivity index (χ2n) is 9.37. The Balaban J connectivity index is 1.53. The number of carbonyl (C=O) groups is 2. The van der Waals surface area contributed by atoms with Crippen molar-refractivity contribution in [1.82, 2.24) is 9.80 Å². The molecule has 1 atom stereocenters. The molecule has 1 aliphatic heterocycles. The van der Waals surface area contributed by atoms with Crippen molar-refractivity contribution in [3.8, 4) is 10.4 Å². The fraction of sp³-hybridized carbons (Fsp3) is 0.333. The molecule has 0 radical (unpaired) electrons. The van der Waals surface area contributed by atoms with Gasteiger partial charge in [-0.3, -0.25) is 9.59 Å². The smallest absolute Gasteiger partial charge is 0.329 e. The van der Waals surface area contributed by atoms with Gasteiger partial charge >= 0.3 is 6.18 Å². The van der Waals surface area contributed by atoms with E-state index in [-0.39, 0.29) is 23.8 Å². The van der Waals surface area contributed by atoms with Gasteiger partial charge in [-0.1, -0.05) is 30.3 Å². The molecule has 1 N–H and O–H groups in total. The molecular weight excluding hydrogens is 487 g/mol. The fourth-order valence-electron chi connectivity index (χ4n) is 4.51. The third kappa shape index (κ3) is 5.17. The number of amides is 2. The molecule has 2 heterocycles. The fourth-order valence-corrected chi connectivity index (χ4v) is 5.42. The van der Waals surface area contributed by atoms with Gasteiger partial charge in [-0.15, -0.1) is 11.3 Å². The molecule has 5 rings (SSSR count). The van der Waals surface area contributed by atoms with Crippen molar-refractivity contribution in [2.45, 2.75) is 25.1 Å². The molecule has 3 aromatic rings. The van der Waals surface area contributed by atoms with E-state index in [0.717, 1.165) is 24.5 Å². The molecule has 1 aromatic heterocycles. The van der Waals surface area contributed by atoms with Gasteiger partial charge in [0.15, 0.2) is 0 Å². The lowest BCUT2D eigenvalue weighted by atomic mass is 9.98. The van der Waals surface area contributed by atoms with Crippen LogP contribution in [0.15, 0.2) is 60.7 Å². The number of anilines is 1. The van der Waals surface area contributed by atoms with E-state index in [2.05, 4.69) is 10.2 Å². The van der Waals surface area contributed by atoms with Crippen LogP contribution in [0.4, 0.5) is 18.9 Å². The number of piperazine rings is 1. The first-order valence-electron chi connectivity index (χ1n) is 11.9. The molecule has 2 fully saturated rings. The van der Waals surface area contributed by atoms with Gasteiger partial charge in [-0.2, -0.15) is 13.2 Å². The first-order valence-corrected chi connectivity index (χ1v) is 12.7.